The molecule has 2 aromatic rings. The number of pyridine rings is 1. The minimum atomic E-state index is -4.87. The lowest BCUT2D eigenvalue weighted by molar-refractivity contribution is -0.172. The first kappa shape index (κ1) is 27.4. The molecule has 0 bridgehead atoms. The van der Waals surface area contributed by atoms with Crippen molar-refractivity contribution >= 4 is 17.6 Å². The van der Waals surface area contributed by atoms with Crippen molar-refractivity contribution in [3.05, 3.63) is 53.3 Å². The van der Waals surface area contributed by atoms with Gasteiger partial charge in [-0.3, -0.25) is 9.59 Å². The van der Waals surface area contributed by atoms with Crippen molar-refractivity contribution in [1.29, 1.82) is 10.5 Å². The number of hydrogen-bond donors (Lipinski definition) is 1. The summed E-state index contributed by atoms with van der Waals surface area (Å²) in [6.07, 6.45) is -2.91. The molecule has 12 heteroatoms. The molecule has 0 radical (unpaired) electrons. The molecular weight excluding hydrogens is 491 g/mol. The summed E-state index contributed by atoms with van der Waals surface area (Å²) in [6.45, 7) is 2.17. The molecule has 0 spiro atoms. The van der Waals surface area contributed by atoms with Crippen LogP contribution < -0.4 is 10.1 Å². The van der Waals surface area contributed by atoms with Gasteiger partial charge in [0.25, 0.3) is 5.91 Å². The molecule has 2 heterocycles. The van der Waals surface area contributed by atoms with E-state index < -0.39 is 47.4 Å². The van der Waals surface area contributed by atoms with E-state index in [0.29, 0.717) is 37.6 Å². The SMILES string of the molecule is CN1CCC(C(=O)O[C@@](C)(COc2ccc(C#N)cc2)C(=O)Nc2cnc(C#N)c(C(F)(F)F)c2)CC1. The number of aromatic nitrogens is 1. The number of piperidine rings is 1. The van der Waals surface area contributed by atoms with Crippen LogP contribution >= 0.6 is 0 Å². The molecule has 37 heavy (non-hydrogen) atoms. The summed E-state index contributed by atoms with van der Waals surface area (Å²) in [7, 11) is 1.92. The molecule has 1 aromatic heterocycles. The summed E-state index contributed by atoms with van der Waals surface area (Å²) in [5, 5.41) is 20.2. The monoisotopic (exact) mass is 515 g/mol. The van der Waals surface area contributed by atoms with Crippen molar-refractivity contribution in [2.24, 2.45) is 5.92 Å². The highest BCUT2D eigenvalue weighted by Crippen LogP contribution is 2.33. The number of nitrogens with zero attached hydrogens (tertiary/aromatic N) is 4. The number of ether oxygens (including phenoxy) is 2. The minimum absolute atomic E-state index is 0.285. The van der Waals surface area contributed by atoms with Gasteiger partial charge >= 0.3 is 12.1 Å². The number of nitriles is 2. The smallest absolute Gasteiger partial charge is 0.419 e. The first-order chi connectivity index (χ1) is 17.4. The molecule has 1 saturated heterocycles. The third kappa shape index (κ3) is 6.96. The number of likely N-dealkylation sites (tertiary alicyclic amines) is 1. The van der Waals surface area contributed by atoms with Crippen LogP contribution in [0.15, 0.2) is 36.5 Å². The summed E-state index contributed by atoms with van der Waals surface area (Å²) in [6, 6.07) is 9.91. The Bertz CT molecular complexity index is 1230. The van der Waals surface area contributed by atoms with Gasteiger partial charge in [0.2, 0.25) is 5.60 Å². The quantitative estimate of drug-likeness (QED) is 0.555. The zero-order chi connectivity index (χ0) is 27.2. The Hall–Kier alpha value is -4.16. The van der Waals surface area contributed by atoms with E-state index in [1.165, 1.54) is 37.3 Å². The Kier molecular flexibility index (Phi) is 8.35. The number of benzene rings is 1. The van der Waals surface area contributed by atoms with Gasteiger partial charge in [-0.2, -0.15) is 23.7 Å². The molecule has 1 atom stereocenters. The average molecular weight is 515 g/mol. The topological polar surface area (TPSA) is 128 Å². The van der Waals surface area contributed by atoms with Gasteiger partial charge in [-0.25, -0.2) is 4.98 Å². The fourth-order valence-corrected chi connectivity index (χ4v) is 3.64. The average Bonchev–Trinajstić information content (AvgIpc) is 2.87. The number of rotatable bonds is 7. The summed E-state index contributed by atoms with van der Waals surface area (Å²) < 4.78 is 51.3. The van der Waals surface area contributed by atoms with E-state index in [0.717, 1.165) is 6.20 Å². The molecule has 3 rings (SSSR count). The van der Waals surface area contributed by atoms with Gasteiger partial charge in [0.1, 0.15) is 18.4 Å². The van der Waals surface area contributed by atoms with Crippen LogP contribution in [0, 0.1) is 28.6 Å². The zero-order valence-corrected chi connectivity index (χ0v) is 20.1. The molecule has 1 fully saturated rings. The van der Waals surface area contributed by atoms with Crippen LogP contribution in [-0.4, -0.2) is 54.1 Å². The number of hydrogen-bond acceptors (Lipinski definition) is 8. The second kappa shape index (κ2) is 11.3. The number of carbonyl (C=O) groups excluding carboxylic acids is 2. The third-order valence-electron chi connectivity index (χ3n) is 5.91. The highest BCUT2D eigenvalue weighted by molar-refractivity contribution is 5.98. The third-order valence-corrected chi connectivity index (χ3v) is 5.91. The molecule has 1 aliphatic rings. The second-order valence-corrected chi connectivity index (χ2v) is 8.84. The van der Waals surface area contributed by atoms with Gasteiger partial charge < -0.3 is 19.7 Å². The minimum Gasteiger partial charge on any atom is -0.489 e. The van der Waals surface area contributed by atoms with Crippen molar-refractivity contribution in [3.8, 4) is 17.9 Å². The van der Waals surface area contributed by atoms with Gasteiger partial charge in [-0.1, -0.05) is 0 Å². The van der Waals surface area contributed by atoms with E-state index in [1.54, 1.807) is 0 Å². The van der Waals surface area contributed by atoms with Crippen LogP contribution in [-0.2, 0) is 20.5 Å². The fraction of sp³-hybridized carbons (Fsp3) is 0.400. The fourth-order valence-electron chi connectivity index (χ4n) is 3.64. The van der Waals surface area contributed by atoms with Crippen LogP contribution in [0.3, 0.4) is 0 Å². The Morgan fingerprint density at radius 1 is 1.16 bits per heavy atom. The molecule has 9 nitrogen and oxygen atoms in total. The summed E-state index contributed by atoms with van der Waals surface area (Å²) >= 11 is 0. The van der Waals surface area contributed by atoms with Gasteiger partial charge in [0.15, 0.2) is 5.69 Å². The lowest BCUT2D eigenvalue weighted by Crippen LogP contribution is -2.50. The number of amides is 1. The zero-order valence-electron chi connectivity index (χ0n) is 20.1. The van der Waals surface area contributed by atoms with E-state index in [4.69, 9.17) is 20.0 Å². The van der Waals surface area contributed by atoms with Crippen molar-refractivity contribution in [2.45, 2.75) is 31.5 Å². The van der Waals surface area contributed by atoms with Gasteiger partial charge in [-0.05, 0) is 70.2 Å². The molecule has 0 unspecified atom stereocenters. The van der Waals surface area contributed by atoms with Crippen molar-refractivity contribution < 1.29 is 32.2 Å². The summed E-state index contributed by atoms with van der Waals surface area (Å²) in [5.41, 5.74) is -4.04. The molecule has 194 valence electrons. The predicted molar refractivity (Wildman–Crippen MR) is 124 cm³/mol. The molecule has 0 saturated carbocycles. The molecule has 1 N–H and O–H groups in total. The van der Waals surface area contributed by atoms with Crippen LogP contribution in [0.1, 0.15) is 36.6 Å². The van der Waals surface area contributed by atoms with Gasteiger partial charge in [-0.15, -0.1) is 0 Å². The molecule has 0 aliphatic carbocycles. The normalized spacial score (nSPS) is 16.1. The Balaban J connectivity index is 1.84. The highest BCUT2D eigenvalue weighted by Gasteiger charge is 2.42. The number of nitrogens with one attached hydrogen (secondary N) is 1. The van der Waals surface area contributed by atoms with Crippen LogP contribution in [0.5, 0.6) is 5.75 Å². The molecule has 1 amide bonds. The first-order valence-corrected chi connectivity index (χ1v) is 11.3. The van der Waals surface area contributed by atoms with Crippen molar-refractivity contribution in [3.63, 3.8) is 0 Å². The maximum absolute atomic E-state index is 13.3. The Morgan fingerprint density at radius 3 is 2.38 bits per heavy atom. The summed E-state index contributed by atoms with van der Waals surface area (Å²) in [4.78, 5) is 31.7. The van der Waals surface area contributed by atoms with Crippen molar-refractivity contribution in [2.75, 3.05) is 32.1 Å². The number of carbonyl (C=O) groups is 2. The number of halogens is 3. The highest BCUT2D eigenvalue weighted by atomic mass is 19.4. The predicted octanol–water partition coefficient (Wildman–Crippen LogP) is 3.50. The molecule has 1 aromatic carbocycles. The second-order valence-electron chi connectivity index (χ2n) is 8.84. The number of anilines is 1. The molecular formula is C25H24F3N5O4. The van der Waals surface area contributed by atoms with Crippen LogP contribution in [0.2, 0.25) is 0 Å². The lowest BCUT2D eigenvalue weighted by Gasteiger charge is -2.32. The Labute approximate surface area is 211 Å². The largest absolute Gasteiger partial charge is 0.489 e. The summed E-state index contributed by atoms with van der Waals surface area (Å²) in [5.74, 6) is -1.73. The number of alkyl halides is 3. The van der Waals surface area contributed by atoms with E-state index in [-0.39, 0.29) is 11.4 Å². The maximum Gasteiger partial charge on any atom is 0.419 e. The Morgan fingerprint density at radius 2 is 1.81 bits per heavy atom. The van der Waals surface area contributed by atoms with Crippen LogP contribution in [0.25, 0.3) is 0 Å². The standard InChI is InChI=1S/C25H24F3N5O4/c1-24(15-36-19-5-3-16(12-29)4-6-19,37-22(34)17-7-9-33(2)10-8-17)23(35)32-18-11-20(25(26,27)28)21(13-30)31-14-18/h3-6,11,14,17H,7-10,15H2,1-2H3,(H,32,35)/t24-/m0/s1. The van der Waals surface area contributed by atoms with Gasteiger partial charge in [0, 0.05) is 0 Å². The van der Waals surface area contributed by atoms with E-state index in [2.05, 4.69) is 15.2 Å². The molecule has 1 aliphatic heterocycles. The first-order valence-electron chi connectivity index (χ1n) is 11.3. The number of esters is 1. The lowest BCUT2D eigenvalue weighted by atomic mass is 9.96. The van der Waals surface area contributed by atoms with E-state index in [9.17, 15) is 22.8 Å². The van der Waals surface area contributed by atoms with Gasteiger partial charge in [0.05, 0.1) is 35.0 Å². The van der Waals surface area contributed by atoms with E-state index >= 15 is 0 Å². The van der Waals surface area contributed by atoms with Crippen molar-refractivity contribution in [1.82, 2.24) is 9.88 Å². The van der Waals surface area contributed by atoms with Crippen LogP contribution in [0.4, 0.5) is 18.9 Å². The maximum atomic E-state index is 13.3. The van der Waals surface area contributed by atoms with E-state index in [1.807, 2.05) is 13.1 Å².